The van der Waals surface area contributed by atoms with Crippen molar-refractivity contribution in [3.05, 3.63) is 38.0 Å². The van der Waals surface area contributed by atoms with Crippen LogP contribution in [0.3, 0.4) is 0 Å². The minimum atomic E-state index is -0.421. The van der Waals surface area contributed by atoms with Gasteiger partial charge in [0.05, 0.1) is 24.7 Å². The first-order chi connectivity index (χ1) is 12.0. The van der Waals surface area contributed by atoms with E-state index < -0.39 is 6.04 Å². The summed E-state index contributed by atoms with van der Waals surface area (Å²) in [5.74, 6) is -0.192. The second-order valence-corrected chi connectivity index (χ2v) is 8.41. The van der Waals surface area contributed by atoms with Crippen molar-refractivity contribution in [2.24, 2.45) is 0 Å². The number of rotatable bonds is 6. The molecule has 2 aromatic rings. The molecular formula is C17H22N4O2S2. The van der Waals surface area contributed by atoms with Crippen LogP contribution in [0.1, 0.15) is 26.9 Å². The van der Waals surface area contributed by atoms with Crippen LogP contribution >= 0.6 is 22.7 Å². The van der Waals surface area contributed by atoms with E-state index >= 15 is 0 Å². The summed E-state index contributed by atoms with van der Waals surface area (Å²) >= 11 is 3.26. The quantitative estimate of drug-likeness (QED) is 0.804. The molecule has 25 heavy (non-hydrogen) atoms. The number of piperazine rings is 1. The van der Waals surface area contributed by atoms with E-state index in [1.807, 2.05) is 25.3 Å². The van der Waals surface area contributed by atoms with Gasteiger partial charge in [-0.1, -0.05) is 6.07 Å². The van der Waals surface area contributed by atoms with Crippen LogP contribution in [-0.4, -0.2) is 40.8 Å². The van der Waals surface area contributed by atoms with Crippen molar-refractivity contribution in [2.45, 2.75) is 39.4 Å². The molecule has 2 amide bonds. The van der Waals surface area contributed by atoms with Crippen molar-refractivity contribution in [1.82, 2.24) is 20.5 Å². The molecule has 1 aliphatic heterocycles. The van der Waals surface area contributed by atoms with Crippen LogP contribution < -0.4 is 10.6 Å². The molecule has 0 radical (unpaired) electrons. The normalized spacial score (nSPS) is 18.2. The molecule has 8 heteroatoms. The Labute approximate surface area is 155 Å². The Morgan fingerprint density at radius 2 is 2.32 bits per heavy atom. The smallest absolute Gasteiger partial charge is 0.237 e. The van der Waals surface area contributed by atoms with Gasteiger partial charge in [0.1, 0.15) is 5.01 Å². The molecule has 1 atom stereocenters. The lowest BCUT2D eigenvalue weighted by atomic mass is 10.1. The zero-order chi connectivity index (χ0) is 17.8. The highest BCUT2D eigenvalue weighted by Crippen LogP contribution is 2.18. The molecule has 6 nitrogen and oxygen atoms in total. The summed E-state index contributed by atoms with van der Waals surface area (Å²) in [4.78, 5) is 33.5. The number of aromatic nitrogens is 1. The minimum absolute atomic E-state index is 0.0705. The van der Waals surface area contributed by atoms with Crippen LogP contribution in [0.4, 0.5) is 0 Å². The van der Waals surface area contributed by atoms with Crippen molar-refractivity contribution in [2.75, 3.05) is 13.1 Å². The summed E-state index contributed by atoms with van der Waals surface area (Å²) in [6.07, 6.45) is 0.167. The Bertz CT molecular complexity index is 722. The van der Waals surface area contributed by atoms with Gasteiger partial charge in [-0.2, -0.15) is 0 Å². The zero-order valence-electron chi connectivity index (χ0n) is 14.4. The lowest BCUT2D eigenvalue weighted by molar-refractivity contribution is -0.134. The van der Waals surface area contributed by atoms with Gasteiger partial charge in [-0.15, -0.1) is 22.7 Å². The van der Waals surface area contributed by atoms with E-state index in [1.54, 1.807) is 22.7 Å². The predicted molar refractivity (Wildman–Crippen MR) is 99.6 cm³/mol. The molecule has 0 saturated carbocycles. The first kappa shape index (κ1) is 18.0. The summed E-state index contributed by atoms with van der Waals surface area (Å²) in [6.45, 7) is 6.48. The summed E-state index contributed by atoms with van der Waals surface area (Å²) in [5.41, 5.74) is 1.00. The average molecular weight is 379 g/mol. The Balaban J connectivity index is 1.57. The molecular weight excluding hydrogens is 356 g/mol. The van der Waals surface area contributed by atoms with Gasteiger partial charge in [0.15, 0.2) is 0 Å². The summed E-state index contributed by atoms with van der Waals surface area (Å²) < 4.78 is 0. The lowest BCUT2D eigenvalue weighted by Gasteiger charge is -2.34. The monoisotopic (exact) mass is 378 g/mol. The molecule has 1 unspecified atom stereocenters. The zero-order valence-corrected chi connectivity index (χ0v) is 16.0. The number of nitrogens with one attached hydrogen (secondary N) is 2. The van der Waals surface area contributed by atoms with E-state index in [9.17, 15) is 9.59 Å². The lowest BCUT2D eigenvalue weighted by Crippen LogP contribution is -2.56. The van der Waals surface area contributed by atoms with E-state index in [1.165, 1.54) is 4.88 Å². The largest absolute Gasteiger partial charge is 0.353 e. The van der Waals surface area contributed by atoms with Gasteiger partial charge in [0, 0.05) is 29.4 Å². The molecule has 2 N–H and O–H groups in total. The van der Waals surface area contributed by atoms with Crippen molar-refractivity contribution in [1.29, 1.82) is 0 Å². The molecule has 3 heterocycles. The maximum Gasteiger partial charge on any atom is 0.237 e. The van der Waals surface area contributed by atoms with Gasteiger partial charge >= 0.3 is 0 Å². The van der Waals surface area contributed by atoms with Gasteiger partial charge in [0.2, 0.25) is 11.8 Å². The van der Waals surface area contributed by atoms with Crippen LogP contribution in [0.2, 0.25) is 0 Å². The van der Waals surface area contributed by atoms with Gasteiger partial charge in [0.25, 0.3) is 0 Å². The predicted octanol–water partition coefficient (Wildman–Crippen LogP) is 1.83. The Morgan fingerprint density at radius 3 is 3.00 bits per heavy atom. The van der Waals surface area contributed by atoms with E-state index in [-0.39, 0.29) is 18.2 Å². The third kappa shape index (κ3) is 4.65. The second-order valence-electron chi connectivity index (χ2n) is 6.09. The fraction of sp³-hybridized carbons (Fsp3) is 0.471. The fourth-order valence-corrected chi connectivity index (χ4v) is 4.42. The summed E-state index contributed by atoms with van der Waals surface area (Å²) in [5, 5.41) is 8.68. The highest BCUT2D eigenvalue weighted by atomic mass is 32.1. The van der Waals surface area contributed by atoms with Crippen LogP contribution in [-0.2, 0) is 22.7 Å². The average Bonchev–Trinajstić information content (AvgIpc) is 3.19. The number of amides is 2. The van der Waals surface area contributed by atoms with Gasteiger partial charge < -0.3 is 10.6 Å². The highest BCUT2D eigenvalue weighted by molar-refractivity contribution is 7.11. The number of thiazole rings is 1. The maximum atomic E-state index is 12.3. The SMILES string of the molecule is Cc1nc(CNC(=O)CC2C(=O)NCCN2Cc2cccs2)sc1C. The molecule has 134 valence electrons. The third-order valence-corrected chi connectivity index (χ3v) is 6.20. The van der Waals surface area contributed by atoms with Gasteiger partial charge in [-0.3, -0.25) is 14.5 Å². The van der Waals surface area contributed by atoms with Crippen molar-refractivity contribution >= 4 is 34.5 Å². The van der Waals surface area contributed by atoms with Crippen molar-refractivity contribution in [3.8, 4) is 0 Å². The molecule has 0 spiro atoms. The highest BCUT2D eigenvalue weighted by Gasteiger charge is 2.31. The number of nitrogens with zero attached hydrogens (tertiary/aromatic N) is 2. The Hall–Kier alpha value is -1.77. The summed E-state index contributed by atoms with van der Waals surface area (Å²) in [7, 11) is 0. The Kier molecular flexibility index (Phi) is 5.82. The molecule has 0 aliphatic carbocycles. The van der Waals surface area contributed by atoms with E-state index in [4.69, 9.17) is 0 Å². The number of aryl methyl sites for hydroxylation is 2. The van der Waals surface area contributed by atoms with E-state index in [2.05, 4.69) is 26.6 Å². The topological polar surface area (TPSA) is 74.3 Å². The molecule has 0 bridgehead atoms. The Morgan fingerprint density at radius 1 is 1.48 bits per heavy atom. The van der Waals surface area contributed by atoms with Crippen LogP contribution in [0, 0.1) is 13.8 Å². The summed E-state index contributed by atoms with van der Waals surface area (Å²) in [6, 6.07) is 3.64. The van der Waals surface area contributed by atoms with Crippen LogP contribution in [0.5, 0.6) is 0 Å². The molecule has 1 saturated heterocycles. The standard InChI is InChI=1S/C17H22N4O2S2/c1-11-12(2)25-16(20-11)9-19-15(22)8-14-17(23)18-5-6-21(14)10-13-4-3-7-24-13/h3-4,7,14H,5-6,8-10H2,1-2H3,(H,18,23)(H,19,22). The number of thiophene rings is 1. The van der Waals surface area contributed by atoms with Crippen molar-refractivity contribution in [3.63, 3.8) is 0 Å². The van der Waals surface area contributed by atoms with E-state index in [0.29, 0.717) is 19.6 Å². The first-order valence-corrected chi connectivity index (χ1v) is 9.96. The van der Waals surface area contributed by atoms with Gasteiger partial charge in [-0.25, -0.2) is 4.98 Å². The minimum Gasteiger partial charge on any atom is -0.353 e. The number of carbonyl (C=O) groups is 2. The van der Waals surface area contributed by atoms with Crippen molar-refractivity contribution < 1.29 is 9.59 Å². The fourth-order valence-electron chi connectivity index (χ4n) is 2.81. The van der Waals surface area contributed by atoms with Crippen LogP contribution in [0.15, 0.2) is 17.5 Å². The second kappa shape index (κ2) is 8.07. The molecule has 3 rings (SSSR count). The number of hydrogen-bond acceptors (Lipinski definition) is 6. The number of carbonyl (C=O) groups excluding carboxylic acids is 2. The third-order valence-electron chi connectivity index (χ3n) is 4.27. The first-order valence-electron chi connectivity index (χ1n) is 8.26. The number of hydrogen-bond donors (Lipinski definition) is 2. The van der Waals surface area contributed by atoms with Gasteiger partial charge in [-0.05, 0) is 25.3 Å². The van der Waals surface area contributed by atoms with Crippen LogP contribution in [0.25, 0.3) is 0 Å². The molecule has 0 aromatic carbocycles. The van der Waals surface area contributed by atoms with E-state index in [0.717, 1.165) is 22.1 Å². The molecule has 2 aromatic heterocycles. The maximum absolute atomic E-state index is 12.3. The molecule has 1 fully saturated rings. The molecule has 1 aliphatic rings.